The molecule has 0 atom stereocenters. The molecule has 3 rings (SSSR count). The summed E-state index contributed by atoms with van der Waals surface area (Å²) in [6.45, 7) is 0.287. The summed E-state index contributed by atoms with van der Waals surface area (Å²) in [6, 6.07) is 17.6. The zero-order valence-corrected chi connectivity index (χ0v) is 18.6. The summed E-state index contributed by atoms with van der Waals surface area (Å²) >= 11 is 3.40. The quantitative estimate of drug-likeness (QED) is 0.561. The van der Waals surface area contributed by atoms with E-state index in [2.05, 4.69) is 38.1 Å². The van der Waals surface area contributed by atoms with Gasteiger partial charge >= 0.3 is 0 Å². The molecule has 0 bridgehead atoms. The van der Waals surface area contributed by atoms with Gasteiger partial charge in [-0.15, -0.1) is 0 Å². The van der Waals surface area contributed by atoms with Crippen molar-refractivity contribution in [3.05, 3.63) is 93.7 Å². The second kappa shape index (κ2) is 9.70. The zero-order valence-electron chi connectivity index (χ0n) is 16.2. The van der Waals surface area contributed by atoms with Gasteiger partial charge in [0, 0.05) is 35.5 Å². The highest BCUT2D eigenvalue weighted by molar-refractivity contribution is 9.10. The van der Waals surface area contributed by atoms with Gasteiger partial charge in [-0.3, -0.25) is 4.79 Å². The summed E-state index contributed by atoms with van der Waals surface area (Å²) in [6.07, 6.45) is 3.31. The van der Waals surface area contributed by atoms with E-state index < -0.39 is 9.84 Å². The lowest BCUT2D eigenvalue weighted by Crippen LogP contribution is -2.23. The molecule has 30 heavy (non-hydrogen) atoms. The van der Waals surface area contributed by atoms with Crippen molar-refractivity contribution in [1.82, 2.24) is 10.3 Å². The first-order valence-corrected chi connectivity index (χ1v) is 11.8. The second-order valence-electron chi connectivity index (χ2n) is 6.63. The zero-order chi connectivity index (χ0) is 21.6. The predicted octanol–water partition coefficient (Wildman–Crippen LogP) is 3.77. The number of amides is 1. The lowest BCUT2D eigenvalue weighted by Gasteiger charge is -2.06. The average molecular weight is 483 g/mol. The number of aromatic nitrogens is 1. The lowest BCUT2D eigenvalue weighted by atomic mass is 10.1. The summed E-state index contributed by atoms with van der Waals surface area (Å²) in [5.41, 5.74) is 2.89. The predicted molar refractivity (Wildman–Crippen MR) is 120 cm³/mol. The number of nitrogens with zero attached hydrogens (tertiary/aromatic N) is 1. The van der Waals surface area contributed by atoms with Gasteiger partial charge in [-0.1, -0.05) is 46.1 Å². The summed E-state index contributed by atoms with van der Waals surface area (Å²) in [5, 5.41) is 2.82. The van der Waals surface area contributed by atoms with Crippen LogP contribution in [0.15, 0.2) is 76.2 Å². The maximum Gasteiger partial charge on any atom is 0.251 e. The SMILES string of the molecule is CS(=O)(=O)c1ccc(CNC(=O)c2ccnc(C#CCc3ccc(Br)cc3)c2)cc1. The van der Waals surface area contributed by atoms with Gasteiger partial charge in [0.25, 0.3) is 5.91 Å². The largest absolute Gasteiger partial charge is 0.348 e. The van der Waals surface area contributed by atoms with Crippen molar-refractivity contribution in [3.8, 4) is 11.8 Å². The van der Waals surface area contributed by atoms with Gasteiger partial charge in [-0.2, -0.15) is 0 Å². The van der Waals surface area contributed by atoms with Crippen molar-refractivity contribution in [2.75, 3.05) is 6.26 Å². The van der Waals surface area contributed by atoms with Crippen LogP contribution in [0.1, 0.15) is 27.2 Å². The van der Waals surface area contributed by atoms with Crippen molar-refractivity contribution in [2.24, 2.45) is 0 Å². The molecule has 1 aromatic heterocycles. The highest BCUT2D eigenvalue weighted by atomic mass is 79.9. The van der Waals surface area contributed by atoms with E-state index in [0.29, 0.717) is 17.7 Å². The number of carbonyl (C=O) groups is 1. The lowest BCUT2D eigenvalue weighted by molar-refractivity contribution is 0.0950. The monoisotopic (exact) mass is 482 g/mol. The Morgan fingerprint density at radius 2 is 1.70 bits per heavy atom. The van der Waals surface area contributed by atoms with E-state index in [-0.39, 0.29) is 17.3 Å². The Morgan fingerprint density at radius 3 is 2.37 bits per heavy atom. The Hall–Kier alpha value is -2.95. The molecule has 0 saturated heterocycles. The Balaban J connectivity index is 1.60. The fourth-order valence-corrected chi connectivity index (χ4v) is 3.51. The third-order valence-electron chi connectivity index (χ3n) is 4.25. The molecular weight excluding hydrogens is 464 g/mol. The highest BCUT2D eigenvalue weighted by Crippen LogP contribution is 2.11. The maximum absolute atomic E-state index is 12.4. The van der Waals surface area contributed by atoms with Crippen LogP contribution in [0.25, 0.3) is 0 Å². The standard InChI is InChI=1S/C23H19BrN2O3S/c1-30(28,29)22-11-7-18(8-12-22)16-26-23(27)19-13-14-25-21(15-19)4-2-3-17-5-9-20(24)10-6-17/h5-15H,3,16H2,1H3,(H,26,27). The molecule has 1 heterocycles. The number of sulfone groups is 1. The molecule has 3 aromatic rings. The minimum atomic E-state index is -3.24. The third-order valence-corrected chi connectivity index (χ3v) is 5.91. The third kappa shape index (κ3) is 6.28. The molecule has 1 N–H and O–H groups in total. The number of carbonyl (C=O) groups excluding carboxylic acids is 1. The van der Waals surface area contributed by atoms with Gasteiger partial charge in [0.1, 0.15) is 5.69 Å². The van der Waals surface area contributed by atoms with Crippen molar-refractivity contribution in [1.29, 1.82) is 0 Å². The molecular formula is C23H19BrN2O3S. The number of halogens is 1. The molecule has 5 nitrogen and oxygen atoms in total. The van der Waals surface area contributed by atoms with E-state index in [1.165, 1.54) is 12.1 Å². The first-order valence-electron chi connectivity index (χ1n) is 9.08. The summed E-state index contributed by atoms with van der Waals surface area (Å²) < 4.78 is 24.0. The molecule has 0 aliphatic carbocycles. The number of pyridine rings is 1. The van der Waals surface area contributed by atoms with Gasteiger partial charge < -0.3 is 5.32 Å². The summed E-state index contributed by atoms with van der Waals surface area (Å²) in [7, 11) is -3.24. The number of hydrogen-bond acceptors (Lipinski definition) is 4. The second-order valence-corrected chi connectivity index (χ2v) is 9.56. The van der Waals surface area contributed by atoms with Crippen LogP contribution in [0.4, 0.5) is 0 Å². The molecule has 0 aliphatic rings. The van der Waals surface area contributed by atoms with Gasteiger partial charge in [0.05, 0.1) is 4.90 Å². The molecule has 2 aromatic carbocycles. The topological polar surface area (TPSA) is 76.1 Å². The van der Waals surface area contributed by atoms with Gasteiger partial charge in [0.2, 0.25) is 0 Å². The molecule has 1 amide bonds. The Kier molecular flexibility index (Phi) is 7.03. The minimum Gasteiger partial charge on any atom is -0.348 e. The normalized spacial score (nSPS) is 10.7. The van der Waals surface area contributed by atoms with E-state index in [4.69, 9.17) is 0 Å². The van der Waals surface area contributed by atoms with Crippen molar-refractivity contribution in [2.45, 2.75) is 17.9 Å². The highest BCUT2D eigenvalue weighted by Gasteiger charge is 2.08. The minimum absolute atomic E-state index is 0.248. The number of rotatable bonds is 5. The summed E-state index contributed by atoms with van der Waals surface area (Å²) in [5.74, 6) is 5.81. The van der Waals surface area contributed by atoms with Crippen LogP contribution in [0, 0.1) is 11.8 Å². The molecule has 0 spiro atoms. The van der Waals surface area contributed by atoms with E-state index in [1.807, 2.05) is 24.3 Å². The van der Waals surface area contributed by atoms with Gasteiger partial charge in [0.15, 0.2) is 9.84 Å². The van der Waals surface area contributed by atoms with Crippen LogP contribution in [0.3, 0.4) is 0 Å². The Bertz CT molecular complexity index is 1210. The molecule has 0 aliphatic heterocycles. The van der Waals surface area contributed by atoms with E-state index in [9.17, 15) is 13.2 Å². The van der Waals surface area contributed by atoms with Crippen LogP contribution in [0.5, 0.6) is 0 Å². The van der Waals surface area contributed by atoms with Gasteiger partial charge in [-0.05, 0) is 53.4 Å². The van der Waals surface area contributed by atoms with E-state index in [0.717, 1.165) is 21.9 Å². The molecule has 0 radical (unpaired) electrons. The fraction of sp³-hybridized carbons (Fsp3) is 0.130. The molecule has 7 heteroatoms. The van der Waals surface area contributed by atoms with E-state index >= 15 is 0 Å². The Labute approximate surface area is 184 Å². The van der Waals surface area contributed by atoms with Crippen molar-refractivity contribution in [3.63, 3.8) is 0 Å². The first-order chi connectivity index (χ1) is 14.3. The molecule has 0 unspecified atom stereocenters. The van der Waals surface area contributed by atoms with Crippen LogP contribution >= 0.6 is 15.9 Å². The first kappa shape index (κ1) is 21.8. The smallest absolute Gasteiger partial charge is 0.251 e. The van der Waals surface area contributed by atoms with Crippen molar-refractivity contribution < 1.29 is 13.2 Å². The molecule has 152 valence electrons. The Morgan fingerprint density at radius 1 is 1.03 bits per heavy atom. The number of nitrogens with one attached hydrogen (secondary N) is 1. The fourth-order valence-electron chi connectivity index (χ4n) is 2.62. The maximum atomic E-state index is 12.4. The summed E-state index contributed by atoms with van der Waals surface area (Å²) in [4.78, 5) is 16.9. The van der Waals surface area contributed by atoms with Crippen LogP contribution in [-0.2, 0) is 22.8 Å². The van der Waals surface area contributed by atoms with Crippen LogP contribution in [-0.4, -0.2) is 25.6 Å². The van der Waals surface area contributed by atoms with Crippen LogP contribution < -0.4 is 5.32 Å². The van der Waals surface area contributed by atoms with Crippen molar-refractivity contribution >= 4 is 31.7 Å². The molecule has 0 saturated carbocycles. The number of benzene rings is 2. The number of hydrogen-bond donors (Lipinski definition) is 1. The average Bonchev–Trinajstić information content (AvgIpc) is 2.73. The van der Waals surface area contributed by atoms with E-state index in [1.54, 1.807) is 30.5 Å². The van der Waals surface area contributed by atoms with Crippen LogP contribution in [0.2, 0.25) is 0 Å². The molecule has 0 fully saturated rings. The van der Waals surface area contributed by atoms with Gasteiger partial charge in [-0.25, -0.2) is 13.4 Å².